The molecule has 11 rings (SSSR count). The van der Waals surface area contributed by atoms with Crippen molar-refractivity contribution in [3.05, 3.63) is 204 Å². The molecule has 1 aliphatic heterocycles. The van der Waals surface area contributed by atoms with Crippen molar-refractivity contribution in [2.75, 3.05) is 0 Å². The third kappa shape index (κ3) is 4.56. The van der Waals surface area contributed by atoms with E-state index in [1.54, 1.807) is 0 Å². The Morgan fingerprint density at radius 1 is 0.434 bits per heavy atom. The van der Waals surface area contributed by atoms with Gasteiger partial charge in [-0.2, -0.15) is 0 Å². The number of rotatable bonds is 4. The summed E-state index contributed by atoms with van der Waals surface area (Å²) in [7, 11) is 0. The molecule has 1 aliphatic carbocycles. The lowest BCUT2D eigenvalue weighted by Crippen LogP contribution is -2.32. The Morgan fingerprint density at radius 3 is 1.87 bits per heavy atom. The van der Waals surface area contributed by atoms with Crippen molar-refractivity contribution in [3.8, 4) is 56.2 Å². The number of nitrogens with zero attached hydrogens (tertiary/aromatic N) is 2. The Morgan fingerprint density at radius 2 is 1.06 bits per heavy atom. The lowest BCUT2D eigenvalue weighted by Gasteiger charge is -2.39. The van der Waals surface area contributed by atoms with Crippen molar-refractivity contribution in [1.29, 1.82) is 0 Å². The summed E-state index contributed by atoms with van der Waals surface area (Å²) in [5, 5.41) is 1.11. The van der Waals surface area contributed by atoms with Crippen LogP contribution in [0.1, 0.15) is 22.3 Å². The van der Waals surface area contributed by atoms with E-state index in [1.165, 1.54) is 54.3 Å². The monoisotopic (exact) mass is 694 g/mol. The van der Waals surface area contributed by atoms with Crippen molar-refractivity contribution in [2.24, 2.45) is 0 Å². The highest BCUT2D eigenvalue weighted by molar-refractivity contribution is 7.99. The van der Waals surface area contributed by atoms with E-state index in [1.807, 2.05) is 42.3 Å². The molecule has 0 bridgehead atoms. The van der Waals surface area contributed by atoms with Crippen LogP contribution in [0.5, 0.6) is 0 Å². The zero-order valence-corrected chi connectivity index (χ0v) is 29.3. The minimum absolute atomic E-state index is 0.536. The minimum Gasteiger partial charge on any atom is -0.464 e. The van der Waals surface area contributed by atoms with Crippen LogP contribution in [0.4, 0.5) is 0 Å². The maximum Gasteiger partial charge on any atom is 0.160 e. The molecule has 2 aromatic heterocycles. The largest absolute Gasteiger partial charge is 0.464 e. The molecule has 2 aliphatic rings. The fourth-order valence-corrected chi connectivity index (χ4v) is 9.66. The van der Waals surface area contributed by atoms with Gasteiger partial charge in [0.05, 0.1) is 23.1 Å². The summed E-state index contributed by atoms with van der Waals surface area (Å²) in [6.07, 6.45) is 1.81. The summed E-state index contributed by atoms with van der Waals surface area (Å²) < 4.78 is 6.24. The number of hydrogen-bond donors (Lipinski definition) is 0. The van der Waals surface area contributed by atoms with Gasteiger partial charge in [0.25, 0.3) is 0 Å². The fourth-order valence-electron chi connectivity index (χ4n) is 8.49. The first-order chi connectivity index (χ1) is 26.3. The molecule has 1 atom stereocenters. The second kappa shape index (κ2) is 11.8. The summed E-state index contributed by atoms with van der Waals surface area (Å²) >= 11 is 1.85. The zero-order chi connectivity index (χ0) is 34.9. The summed E-state index contributed by atoms with van der Waals surface area (Å²) in [6.45, 7) is 0. The molecule has 7 aromatic carbocycles. The Bertz CT molecular complexity index is 2860. The average Bonchev–Trinajstić information content (AvgIpc) is 3.83. The number of aromatic nitrogens is 2. The Hall–Kier alpha value is -6.49. The van der Waals surface area contributed by atoms with Gasteiger partial charge >= 0.3 is 0 Å². The predicted octanol–water partition coefficient (Wildman–Crippen LogP) is 12.7. The maximum absolute atomic E-state index is 6.24. The van der Waals surface area contributed by atoms with Gasteiger partial charge in [0.2, 0.25) is 0 Å². The minimum atomic E-state index is -0.536. The van der Waals surface area contributed by atoms with E-state index in [0.29, 0.717) is 5.82 Å². The zero-order valence-electron chi connectivity index (χ0n) is 28.5. The van der Waals surface area contributed by atoms with Gasteiger partial charge in [-0.1, -0.05) is 157 Å². The number of furan rings is 1. The molecule has 0 amide bonds. The summed E-state index contributed by atoms with van der Waals surface area (Å²) in [6, 6.07) is 62.9. The van der Waals surface area contributed by atoms with Gasteiger partial charge < -0.3 is 4.42 Å². The lowest BCUT2D eigenvalue weighted by atomic mass is 9.67. The van der Waals surface area contributed by atoms with Crippen molar-refractivity contribution < 1.29 is 4.42 Å². The first-order valence-corrected chi connectivity index (χ1v) is 18.7. The van der Waals surface area contributed by atoms with Crippen LogP contribution in [0, 0.1) is 0 Å². The highest BCUT2D eigenvalue weighted by Gasteiger charge is 2.51. The van der Waals surface area contributed by atoms with Crippen LogP contribution in [-0.4, -0.2) is 9.97 Å². The third-order valence-electron chi connectivity index (χ3n) is 10.9. The van der Waals surface area contributed by atoms with Gasteiger partial charge in [-0.3, -0.25) is 0 Å². The van der Waals surface area contributed by atoms with Crippen molar-refractivity contribution in [3.63, 3.8) is 0 Å². The normalized spacial score (nSPS) is 15.2. The highest BCUT2D eigenvalue weighted by atomic mass is 32.2. The summed E-state index contributed by atoms with van der Waals surface area (Å²) in [5.41, 5.74) is 15.1. The molecule has 3 heterocycles. The first-order valence-electron chi connectivity index (χ1n) is 17.9. The Kier molecular flexibility index (Phi) is 6.70. The Labute approximate surface area is 311 Å². The second-order valence-corrected chi connectivity index (χ2v) is 14.8. The van der Waals surface area contributed by atoms with Gasteiger partial charge in [0.15, 0.2) is 5.82 Å². The fraction of sp³-hybridized carbons (Fsp3) is 0.0204. The van der Waals surface area contributed by atoms with Crippen LogP contribution < -0.4 is 0 Å². The average molecular weight is 695 g/mol. The number of hydrogen-bond acceptors (Lipinski definition) is 4. The molecule has 0 N–H and O–H groups in total. The molecule has 1 unspecified atom stereocenters. The van der Waals surface area contributed by atoms with E-state index in [0.717, 1.165) is 39.0 Å². The third-order valence-corrected chi connectivity index (χ3v) is 12.0. The maximum atomic E-state index is 6.24. The molecule has 0 saturated carbocycles. The number of benzene rings is 7. The van der Waals surface area contributed by atoms with E-state index in [9.17, 15) is 0 Å². The van der Waals surface area contributed by atoms with Gasteiger partial charge in [-0.15, -0.1) is 0 Å². The van der Waals surface area contributed by atoms with Gasteiger partial charge in [0.1, 0.15) is 5.58 Å². The van der Waals surface area contributed by atoms with Crippen LogP contribution in [-0.2, 0) is 5.41 Å². The van der Waals surface area contributed by atoms with Crippen molar-refractivity contribution >= 4 is 22.7 Å². The molecule has 4 heteroatoms. The summed E-state index contributed by atoms with van der Waals surface area (Å²) in [4.78, 5) is 12.9. The molecule has 0 saturated heterocycles. The van der Waals surface area contributed by atoms with E-state index in [4.69, 9.17) is 14.4 Å². The molecule has 3 nitrogen and oxygen atoms in total. The van der Waals surface area contributed by atoms with E-state index in [-0.39, 0.29) is 0 Å². The molecular weight excluding hydrogens is 665 g/mol. The SMILES string of the molecule is c1ccc(-c2ccc(-c3cc(-c4ccc5c(c4)C4(c6ccccc6S5)c5ccccc5-c5c4ccc4ccoc54)nc(-c4ccccc4)n3)cc2)cc1. The second-order valence-electron chi connectivity index (χ2n) is 13.7. The van der Waals surface area contributed by atoms with E-state index in [2.05, 4.69) is 152 Å². The number of fused-ring (bicyclic) bond motifs is 11. The smallest absolute Gasteiger partial charge is 0.160 e. The van der Waals surface area contributed by atoms with Crippen molar-refractivity contribution in [2.45, 2.75) is 15.2 Å². The predicted molar refractivity (Wildman–Crippen MR) is 215 cm³/mol. The molecule has 1 spiro atoms. The van der Waals surface area contributed by atoms with Crippen LogP contribution in [0.25, 0.3) is 67.1 Å². The quantitative estimate of drug-likeness (QED) is 0.184. The first kappa shape index (κ1) is 30.2. The molecule has 0 fully saturated rings. The topological polar surface area (TPSA) is 38.9 Å². The summed E-state index contributed by atoms with van der Waals surface area (Å²) in [5.74, 6) is 0.703. The highest BCUT2D eigenvalue weighted by Crippen LogP contribution is 2.63. The van der Waals surface area contributed by atoms with Crippen LogP contribution >= 0.6 is 11.8 Å². The molecule has 9 aromatic rings. The van der Waals surface area contributed by atoms with Crippen LogP contribution in [0.3, 0.4) is 0 Å². The van der Waals surface area contributed by atoms with Gasteiger partial charge in [-0.25, -0.2) is 9.97 Å². The van der Waals surface area contributed by atoms with E-state index < -0.39 is 5.41 Å². The molecule has 248 valence electrons. The molecule has 53 heavy (non-hydrogen) atoms. The van der Waals surface area contributed by atoms with Crippen LogP contribution in [0.15, 0.2) is 196 Å². The standard InChI is InChI=1S/C49H30N2OS/c1-3-11-31(12-4-1)32-19-21-33(22-20-32)42-30-43(51-48(50-42)35-13-5-2-6-14-35)36-24-26-45-41(29-36)49(39-17-9-10-18-44(39)53-45)38-16-8-7-15-37(38)46-40(49)25-23-34-27-28-52-47(34)46/h1-30H. The Balaban J connectivity index is 1.14. The van der Waals surface area contributed by atoms with Crippen molar-refractivity contribution in [1.82, 2.24) is 9.97 Å². The van der Waals surface area contributed by atoms with E-state index >= 15 is 0 Å². The molecular formula is C49H30N2OS. The van der Waals surface area contributed by atoms with Gasteiger partial charge in [-0.05, 0) is 69.3 Å². The lowest BCUT2D eigenvalue weighted by molar-refractivity contribution is 0.616. The van der Waals surface area contributed by atoms with Gasteiger partial charge in [0, 0.05) is 37.4 Å². The molecule has 0 radical (unpaired) electrons. The van der Waals surface area contributed by atoms with Crippen LogP contribution in [0.2, 0.25) is 0 Å².